The van der Waals surface area contributed by atoms with Crippen LogP contribution in [0.2, 0.25) is 0 Å². The molecule has 190 valence electrons. The molecule has 0 radical (unpaired) electrons. The van der Waals surface area contributed by atoms with E-state index in [0.29, 0.717) is 29.4 Å². The van der Waals surface area contributed by atoms with Gasteiger partial charge in [-0.25, -0.2) is 4.98 Å². The maximum atomic E-state index is 13.0. The van der Waals surface area contributed by atoms with Crippen LogP contribution in [0.25, 0.3) is 11.0 Å². The monoisotopic (exact) mass is 481 g/mol. The van der Waals surface area contributed by atoms with Crippen molar-refractivity contribution in [3.63, 3.8) is 0 Å². The molecule has 1 N–H and O–H groups in total. The van der Waals surface area contributed by atoms with Crippen molar-refractivity contribution in [1.82, 2.24) is 14.9 Å². The molecule has 7 nitrogen and oxygen atoms in total. The number of hydrogen-bond donors (Lipinski definition) is 1. The number of nitrogens with one attached hydrogen (secondary N) is 1. The molecule has 35 heavy (non-hydrogen) atoms. The molecule has 7 heteroatoms. The first kappa shape index (κ1) is 26.4. The highest BCUT2D eigenvalue weighted by Crippen LogP contribution is 2.38. The molecule has 0 aliphatic heterocycles. The highest BCUT2D eigenvalue weighted by Gasteiger charge is 2.18. The summed E-state index contributed by atoms with van der Waals surface area (Å²) in [5.41, 5.74) is 2.49. The Bertz CT molecular complexity index is 1070. The number of unbranched alkanes of at least 4 members (excludes halogenated alkanes) is 7. The zero-order chi connectivity index (χ0) is 25.0. The van der Waals surface area contributed by atoms with E-state index in [1.807, 2.05) is 18.2 Å². The van der Waals surface area contributed by atoms with E-state index in [-0.39, 0.29) is 5.91 Å². The van der Waals surface area contributed by atoms with Crippen molar-refractivity contribution in [3.05, 3.63) is 47.8 Å². The minimum absolute atomic E-state index is 0.227. The maximum absolute atomic E-state index is 13.0. The maximum Gasteiger partial charge on any atom is 0.251 e. The lowest BCUT2D eigenvalue weighted by atomic mass is 10.1. The van der Waals surface area contributed by atoms with Crippen molar-refractivity contribution in [3.8, 4) is 17.2 Å². The summed E-state index contributed by atoms with van der Waals surface area (Å²) >= 11 is 0. The van der Waals surface area contributed by atoms with Crippen LogP contribution in [-0.4, -0.2) is 36.8 Å². The Labute approximate surface area is 208 Å². The summed E-state index contributed by atoms with van der Waals surface area (Å²) in [4.78, 5) is 17.8. The van der Waals surface area contributed by atoms with Gasteiger partial charge in [0.15, 0.2) is 11.5 Å². The smallest absolute Gasteiger partial charge is 0.251 e. The fourth-order valence-electron chi connectivity index (χ4n) is 4.39. The Kier molecular flexibility index (Phi) is 10.3. The van der Waals surface area contributed by atoms with Crippen molar-refractivity contribution >= 4 is 16.9 Å². The number of aryl methyl sites for hydroxylation is 1. The van der Waals surface area contributed by atoms with Crippen molar-refractivity contribution in [1.29, 1.82) is 0 Å². The molecule has 0 saturated heterocycles. The Hall–Kier alpha value is -3.22. The average Bonchev–Trinajstić information content (AvgIpc) is 3.25. The van der Waals surface area contributed by atoms with Crippen LogP contribution in [-0.2, 0) is 13.1 Å². The van der Waals surface area contributed by atoms with Crippen LogP contribution >= 0.6 is 0 Å². The highest BCUT2D eigenvalue weighted by atomic mass is 16.5. The van der Waals surface area contributed by atoms with E-state index in [9.17, 15) is 4.79 Å². The van der Waals surface area contributed by atoms with E-state index in [1.54, 1.807) is 12.1 Å². The lowest BCUT2D eigenvalue weighted by molar-refractivity contribution is 0.0948. The minimum Gasteiger partial charge on any atom is -0.493 e. The van der Waals surface area contributed by atoms with Crippen molar-refractivity contribution in [2.75, 3.05) is 21.3 Å². The quantitative estimate of drug-likeness (QED) is 0.264. The number of carbonyl (C=O) groups is 1. The summed E-state index contributed by atoms with van der Waals surface area (Å²) in [6.07, 6.45) is 10.2. The third-order valence-electron chi connectivity index (χ3n) is 6.30. The molecule has 0 bridgehead atoms. The predicted molar refractivity (Wildman–Crippen MR) is 140 cm³/mol. The van der Waals surface area contributed by atoms with Gasteiger partial charge in [-0.3, -0.25) is 4.79 Å². The number of amides is 1. The molecule has 0 aliphatic rings. The van der Waals surface area contributed by atoms with Gasteiger partial charge in [-0.15, -0.1) is 0 Å². The Balaban J connectivity index is 1.66. The van der Waals surface area contributed by atoms with Gasteiger partial charge in [-0.05, 0) is 30.7 Å². The molecule has 1 aromatic heterocycles. The molecule has 1 heterocycles. The van der Waals surface area contributed by atoms with Crippen LogP contribution in [0.3, 0.4) is 0 Å². The van der Waals surface area contributed by atoms with E-state index in [4.69, 9.17) is 19.2 Å². The molecule has 1 amide bonds. The second kappa shape index (κ2) is 13.6. The van der Waals surface area contributed by atoms with Gasteiger partial charge in [0.25, 0.3) is 5.91 Å². The normalized spacial score (nSPS) is 11.0. The van der Waals surface area contributed by atoms with E-state index in [1.165, 1.54) is 66.3 Å². The molecular formula is C28H39N3O4. The zero-order valence-electron chi connectivity index (χ0n) is 21.6. The van der Waals surface area contributed by atoms with Gasteiger partial charge in [0, 0.05) is 12.1 Å². The molecule has 0 unspecified atom stereocenters. The first-order valence-electron chi connectivity index (χ1n) is 12.6. The first-order valence-corrected chi connectivity index (χ1v) is 12.6. The van der Waals surface area contributed by atoms with Crippen molar-refractivity contribution in [2.24, 2.45) is 0 Å². The summed E-state index contributed by atoms with van der Waals surface area (Å²) in [7, 11) is 4.61. The summed E-state index contributed by atoms with van der Waals surface area (Å²) in [6.45, 7) is 3.48. The average molecular weight is 482 g/mol. The molecule has 0 aliphatic carbocycles. The number of aromatic nitrogens is 2. The van der Waals surface area contributed by atoms with Crippen LogP contribution in [0.5, 0.6) is 17.2 Å². The fraction of sp³-hybridized carbons (Fsp3) is 0.500. The van der Waals surface area contributed by atoms with E-state index in [2.05, 4.69) is 22.9 Å². The SMILES string of the molecule is CCCCCCCCCCn1c(CNC(=O)c2cc(OC)c(OC)c(OC)c2)nc2ccccc21. The fourth-order valence-corrected chi connectivity index (χ4v) is 4.39. The number of methoxy groups -OCH3 is 3. The third-order valence-corrected chi connectivity index (χ3v) is 6.30. The van der Waals surface area contributed by atoms with Crippen LogP contribution in [0, 0.1) is 0 Å². The molecule has 3 rings (SSSR count). The standard InChI is InChI=1S/C28H39N3O4/c1-5-6-7-8-9-10-11-14-17-31-23-16-13-12-15-22(23)30-26(31)20-29-28(32)21-18-24(33-2)27(35-4)25(19-21)34-3/h12-13,15-16,18-19H,5-11,14,17,20H2,1-4H3,(H,29,32). The number of ether oxygens (including phenoxy) is 3. The lowest BCUT2D eigenvalue weighted by Crippen LogP contribution is -2.25. The Morgan fingerprint density at radius 3 is 2.14 bits per heavy atom. The van der Waals surface area contributed by atoms with E-state index < -0.39 is 0 Å². The van der Waals surface area contributed by atoms with Crippen molar-refractivity contribution < 1.29 is 19.0 Å². The van der Waals surface area contributed by atoms with Crippen molar-refractivity contribution in [2.45, 2.75) is 71.4 Å². The van der Waals surface area contributed by atoms with Crippen LogP contribution < -0.4 is 19.5 Å². The lowest BCUT2D eigenvalue weighted by Gasteiger charge is -2.14. The number of para-hydroxylation sites is 2. The molecule has 0 saturated carbocycles. The van der Waals surface area contributed by atoms with Gasteiger partial charge >= 0.3 is 0 Å². The molecule has 0 atom stereocenters. The van der Waals surface area contributed by atoms with E-state index >= 15 is 0 Å². The summed E-state index contributed by atoms with van der Waals surface area (Å²) < 4.78 is 18.4. The second-order valence-corrected chi connectivity index (χ2v) is 8.74. The summed E-state index contributed by atoms with van der Waals surface area (Å²) in [6, 6.07) is 11.4. The van der Waals surface area contributed by atoms with Crippen LogP contribution in [0.4, 0.5) is 0 Å². The molecule has 3 aromatic rings. The van der Waals surface area contributed by atoms with E-state index in [0.717, 1.165) is 29.8 Å². The Morgan fingerprint density at radius 1 is 0.886 bits per heavy atom. The minimum atomic E-state index is -0.227. The highest BCUT2D eigenvalue weighted by molar-refractivity contribution is 5.95. The van der Waals surface area contributed by atoms with Gasteiger partial charge in [-0.1, -0.05) is 64.0 Å². The number of nitrogens with zero attached hydrogens (tertiary/aromatic N) is 2. The number of imidazole rings is 1. The summed E-state index contributed by atoms with van der Waals surface area (Å²) in [5.74, 6) is 1.97. The molecule has 2 aromatic carbocycles. The van der Waals surface area contributed by atoms with Gasteiger partial charge in [0.2, 0.25) is 5.75 Å². The predicted octanol–water partition coefficient (Wildman–Crippen LogP) is 6.13. The molecule has 0 spiro atoms. The topological polar surface area (TPSA) is 74.6 Å². The largest absolute Gasteiger partial charge is 0.493 e. The van der Waals surface area contributed by atoms with Gasteiger partial charge in [0.05, 0.1) is 38.9 Å². The summed E-state index contributed by atoms with van der Waals surface area (Å²) in [5, 5.41) is 3.01. The number of hydrogen-bond acceptors (Lipinski definition) is 5. The molecular weight excluding hydrogens is 442 g/mol. The molecule has 0 fully saturated rings. The van der Waals surface area contributed by atoms with Gasteiger partial charge in [-0.2, -0.15) is 0 Å². The van der Waals surface area contributed by atoms with Gasteiger partial charge in [0.1, 0.15) is 5.82 Å². The number of rotatable bonds is 15. The number of carbonyl (C=O) groups excluding carboxylic acids is 1. The Morgan fingerprint density at radius 2 is 1.51 bits per heavy atom. The van der Waals surface area contributed by atoms with Crippen LogP contribution in [0.1, 0.15) is 74.5 Å². The number of benzene rings is 2. The number of fused-ring (bicyclic) bond motifs is 1. The second-order valence-electron chi connectivity index (χ2n) is 8.74. The zero-order valence-corrected chi connectivity index (χ0v) is 21.6. The third kappa shape index (κ3) is 6.90. The van der Waals surface area contributed by atoms with Gasteiger partial charge < -0.3 is 24.1 Å². The van der Waals surface area contributed by atoms with Crippen LogP contribution in [0.15, 0.2) is 36.4 Å². The first-order chi connectivity index (χ1) is 17.1.